The summed E-state index contributed by atoms with van der Waals surface area (Å²) in [4.78, 5) is 23.7. The number of ether oxygens (including phenoxy) is 3. The smallest absolute Gasteiger partial charge is 0.408 e. The number of aromatic amines is 1. The van der Waals surface area contributed by atoms with E-state index in [1.807, 2.05) is 84.9 Å². The Hall–Kier alpha value is -3.83. The van der Waals surface area contributed by atoms with Crippen LogP contribution in [0.2, 0.25) is 0 Å². The molecule has 0 unspecified atom stereocenters. The average molecular weight is 754 g/mol. The van der Waals surface area contributed by atoms with Crippen molar-refractivity contribution in [1.82, 2.24) is 20.3 Å². The van der Waals surface area contributed by atoms with Crippen molar-refractivity contribution in [3.8, 4) is 22.6 Å². The molecule has 2 aromatic heterocycles. The fraction of sp³-hybridized carbons (Fsp3) is 0.513. The summed E-state index contributed by atoms with van der Waals surface area (Å²) in [6.07, 6.45) is 3.04. The third kappa shape index (κ3) is 12.8. The number of aryl methyl sites for hydroxylation is 2. The molecule has 0 aliphatic heterocycles. The molecule has 0 spiro atoms. The molecule has 4 aromatic rings. The van der Waals surface area contributed by atoms with Crippen LogP contribution in [0.4, 0.5) is 10.7 Å². The standard InChI is InChI=1S/C20H27N5O.C19H30BrNO3/c1-12(2)10-20(4,22)11-26-16-6-5-14(9-13(16)3)15-7-8-23-18-17(15)24-19(21)25-18;1-13(2)11-19(7,21-17(22)24-18(4,5)6)12-23-16-9-8-15(20)10-14(16)3/h5-9,12H,10-11,22H2,1-4H3,(H3,21,23,24,25);8-10,13H,11-12H2,1-7H3,(H,21,22)/t20-;19-/m00/s1. The molecule has 6 N–H and O–H groups in total. The number of aromatic nitrogens is 3. The van der Waals surface area contributed by atoms with E-state index in [-0.39, 0.29) is 5.54 Å². The molecule has 0 saturated carbocycles. The van der Waals surface area contributed by atoms with Crippen LogP contribution in [0, 0.1) is 25.7 Å². The normalized spacial score (nSPS) is 14.1. The van der Waals surface area contributed by atoms with E-state index in [1.165, 1.54) is 0 Å². The number of amides is 1. The molecule has 2 heterocycles. The van der Waals surface area contributed by atoms with Gasteiger partial charge >= 0.3 is 6.09 Å². The number of carbonyl (C=O) groups is 1. The zero-order valence-corrected chi connectivity index (χ0v) is 33.2. The van der Waals surface area contributed by atoms with Gasteiger partial charge in [-0.15, -0.1) is 0 Å². The summed E-state index contributed by atoms with van der Waals surface area (Å²) in [5.41, 5.74) is 16.4. The van der Waals surface area contributed by atoms with Crippen LogP contribution in [-0.4, -0.2) is 50.9 Å². The van der Waals surface area contributed by atoms with Crippen LogP contribution >= 0.6 is 15.9 Å². The molecule has 0 bridgehead atoms. The summed E-state index contributed by atoms with van der Waals surface area (Å²) in [5.74, 6) is 2.99. The summed E-state index contributed by atoms with van der Waals surface area (Å²) < 4.78 is 18.4. The van der Waals surface area contributed by atoms with Gasteiger partial charge < -0.3 is 36.0 Å². The summed E-state index contributed by atoms with van der Waals surface area (Å²) in [6.45, 7) is 23.1. The topological polar surface area (TPSA) is 150 Å². The van der Waals surface area contributed by atoms with Crippen molar-refractivity contribution >= 4 is 39.1 Å². The number of nitrogens with two attached hydrogens (primary N) is 2. The van der Waals surface area contributed by atoms with Crippen LogP contribution in [0.3, 0.4) is 0 Å². The van der Waals surface area contributed by atoms with Crippen molar-refractivity contribution in [2.45, 2.75) is 106 Å². The lowest BCUT2D eigenvalue weighted by Gasteiger charge is -2.33. The summed E-state index contributed by atoms with van der Waals surface area (Å²) in [5, 5.41) is 2.99. The van der Waals surface area contributed by atoms with Gasteiger partial charge in [0.25, 0.3) is 0 Å². The number of anilines is 1. The molecular formula is C39H57BrN6O4. The van der Waals surface area contributed by atoms with Crippen molar-refractivity contribution in [2.24, 2.45) is 17.6 Å². The average Bonchev–Trinajstić information content (AvgIpc) is 3.34. The Morgan fingerprint density at radius 2 is 1.50 bits per heavy atom. The number of imidazole rings is 1. The number of carbonyl (C=O) groups excluding carboxylic acids is 1. The molecule has 274 valence electrons. The van der Waals surface area contributed by atoms with Crippen molar-refractivity contribution in [1.29, 1.82) is 0 Å². The van der Waals surface area contributed by atoms with E-state index in [1.54, 1.807) is 6.20 Å². The number of alkyl carbamates (subject to hydrolysis) is 1. The first-order valence-corrected chi connectivity index (χ1v) is 18.0. The summed E-state index contributed by atoms with van der Waals surface area (Å²) >= 11 is 3.45. The first-order chi connectivity index (χ1) is 23.1. The minimum Gasteiger partial charge on any atom is -0.491 e. The second kappa shape index (κ2) is 16.9. The number of hydrogen-bond acceptors (Lipinski definition) is 8. The van der Waals surface area contributed by atoms with Crippen molar-refractivity contribution < 1.29 is 19.0 Å². The molecule has 1 amide bonds. The number of hydrogen-bond donors (Lipinski definition) is 4. The van der Waals surface area contributed by atoms with E-state index in [9.17, 15) is 4.79 Å². The molecular weight excluding hydrogens is 696 g/mol. The summed E-state index contributed by atoms with van der Waals surface area (Å²) in [7, 11) is 0. The Labute approximate surface area is 306 Å². The SMILES string of the molecule is Cc1cc(-c2ccnc3nc(N)[nH]c23)ccc1OC[C@@](C)(N)CC(C)C.Cc1cc(Br)ccc1OC[C@](C)(CC(C)C)NC(=O)OC(C)(C)C. The lowest BCUT2D eigenvalue weighted by atomic mass is 9.91. The maximum Gasteiger partial charge on any atom is 0.408 e. The highest BCUT2D eigenvalue weighted by Gasteiger charge is 2.31. The minimum absolute atomic E-state index is 0.343. The van der Waals surface area contributed by atoms with Gasteiger partial charge in [-0.2, -0.15) is 4.98 Å². The quantitative estimate of drug-likeness (QED) is 0.112. The van der Waals surface area contributed by atoms with Crippen molar-refractivity contribution in [3.05, 3.63) is 64.3 Å². The third-order valence-corrected chi connectivity index (χ3v) is 8.17. The van der Waals surface area contributed by atoms with Crippen LogP contribution in [0.5, 0.6) is 11.5 Å². The Bertz CT molecular complexity index is 1730. The van der Waals surface area contributed by atoms with Crippen LogP contribution in [0.15, 0.2) is 53.1 Å². The van der Waals surface area contributed by atoms with Crippen LogP contribution in [0.25, 0.3) is 22.3 Å². The maximum absolute atomic E-state index is 12.2. The van der Waals surface area contributed by atoms with Gasteiger partial charge in [-0.05, 0) is 126 Å². The van der Waals surface area contributed by atoms with Crippen LogP contribution in [0.1, 0.15) is 86.3 Å². The van der Waals surface area contributed by atoms with E-state index >= 15 is 0 Å². The number of rotatable bonds is 12. The highest BCUT2D eigenvalue weighted by molar-refractivity contribution is 9.10. The number of pyridine rings is 1. The first kappa shape index (κ1) is 40.6. The van der Waals surface area contributed by atoms with Gasteiger partial charge in [0, 0.05) is 21.8 Å². The maximum atomic E-state index is 12.2. The Kier molecular flexibility index (Phi) is 13.7. The molecule has 0 saturated heterocycles. The number of H-pyrrole nitrogens is 1. The number of nitrogens with one attached hydrogen (secondary N) is 2. The van der Waals surface area contributed by atoms with Gasteiger partial charge in [-0.1, -0.05) is 49.7 Å². The lowest BCUT2D eigenvalue weighted by Crippen LogP contribution is -2.52. The number of halogens is 1. The molecule has 10 nitrogen and oxygen atoms in total. The van der Waals surface area contributed by atoms with Crippen molar-refractivity contribution in [2.75, 3.05) is 18.9 Å². The third-order valence-electron chi connectivity index (χ3n) is 7.67. The van der Waals surface area contributed by atoms with E-state index in [0.29, 0.717) is 36.6 Å². The van der Waals surface area contributed by atoms with Crippen LogP contribution < -0.4 is 26.3 Å². The summed E-state index contributed by atoms with van der Waals surface area (Å²) in [6, 6.07) is 14.0. The number of fused-ring (bicyclic) bond motifs is 1. The van der Waals surface area contributed by atoms with Crippen molar-refractivity contribution in [3.63, 3.8) is 0 Å². The second-order valence-corrected chi connectivity index (χ2v) is 16.6. The molecule has 0 fully saturated rings. The molecule has 50 heavy (non-hydrogen) atoms. The van der Waals surface area contributed by atoms with E-state index < -0.39 is 17.2 Å². The Morgan fingerprint density at radius 1 is 0.900 bits per heavy atom. The van der Waals surface area contributed by atoms with Gasteiger partial charge in [-0.25, -0.2) is 9.78 Å². The largest absolute Gasteiger partial charge is 0.491 e. The van der Waals surface area contributed by atoms with E-state index in [2.05, 4.69) is 70.0 Å². The highest BCUT2D eigenvalue weighted by Crippen LogP contribution is 2.31. The fourth-order valence-electron chi connectivity index (χ4n) is 5.99. The minimum atomic E-state index is -0.522. The number of benzene rings is 2. The molecule has 2 atom stereocenters. The van der Waals surface area contributed by atoms with E-state index in [0.717, 1.165) is 56.6 Å². The van der Waals surface area contributed by atoms with Gasteiger partial charge in [0.15, 0.2) is 11.6 Å². The number of nitrogen functional groups attached to an aromatic ring is 1. The van der Waals surface area contributed by atoms with E-state index in [4.69, 9.17) is 25.7 Å². The highest BCUT2D eigenvalue weighted by atomic mass is 79.9. The predicted molar refractivity (Wildman–Crippen MR) is 208 cm³/mol. The zero-order valence-electron chi connectivity index (χ0n) is 31.7. The number of nitrogens with zero attached hydrogens (tertiary/aromatic N) is 2. The van der Waals surface area contributed by atoms with Gasteiger partial charge in [-0.3, -0.25) is 0 Å². The van der Waals surface area contributed by atoms with Gasteiger partial charge in [0.2, 0.25) is 0 Å². The molecule has 0 aliphatic rings. The Balaban J connectivity index is 0.000000272. The fourth-order valence-corrected chi connectivity index (χ4v) is 6.47. The van der Waals surface area contributed by atoms with Gasteiger partial charge in [0.1, 0.15) is 30.3 Å². The lowest BCUT2D eigenvalue weighted by molar-refractivity contribution is 0.0407. The molecule has 0 aliphatic carbocycles. The first-order valence-electron chi connectivity index (χ1n) is 17.2. The monoisotopic (exact) mass is 752 g/mol. The zero-order chi connectivity index (χ0) is 37.4. The predicted octanol–water partition coefficient (Wildman–Crippen LogP) is 9.12. The second-order valence-electron chi connectivity index (χ2n) is 15.7. The Morgan fingerprint density at radius 3 is 2.08 bits per heavy atom. The molecule has 11 heteroatoms. The molecule has 4 rings (SSSR count). The van der Waals surface area contributed by atoms with Gasteiger partial charge in [0.05, 0.1) is 11.1 Å². The van der Waals surface area contributed by atoms with Crippen LogP contribution in [-0.2, 0) is 4.74 Å². The molecule has 2 aromatic carbocycles. The molecule has 0 radical (unpaired) electrons.